The molecule has 66 valence electrons. The largest absolute Gasteiger partial charge is 1.00 e. The molecule has 1 rings (SSSR count). The fraction of sp³-hybridized carbons (Fsp3) is 0.875. The molecule has 1 heterocycles. The van der Waals surface area contributed by atoms with Crippen LogP contribution in [0.4, 0.5) is 0 Å². The molecule has 0 aromatic carbocycles. The first-order valence-corrected chi connectivity index (χ1v) is 3.74. The van der Waals surface area contributed by atoms with Gasteiger partial charge in [0.1, 0.15) is 0 Å². The summed E-state index contributed by atoms with van der Waals surface area (Å²) >= 11 is 0. The molecule has 0 bridgehead atoms. The maximum Gasteiger partial charge on any atom is 1.00 e. The number of hydrogen-bond acceptors (Lipinski definition) is 3. The Morgan fingerprint density at radius 1 is 1.33 bits per heavy atom. The van der Waals surface area contributed by atoms with Crippen LogP contribution in [0.2, 0.25) is 0 Å². The van der Waals surface area contributed by atoms with Crippen molar-refractivity contribution in [3.05, 3.63) is 6.10 Å². The van der Waals surface area contributed by atoms with Gasteiger partial charge in [0.25, 0.3) is 0 Å². The average molecular weight is 245 g/mol. The molecule has 12 heavy (non-hydrogen) atoms. The SMILES string of the molecule is C[C-]1OC(C)(CO)OC1(C)C.[Rb+]. The summed E-state index contributed by atoms with van der Waals surface area (Å²) in [7, 11) is 0. The summed E-state index contributed by atoms with van der Waals surface area (Å²) in [5.41, 5.74) is -0.377. The Hall–Kier alpha value is 1.69. The molecule has 0 saturated carbocycles. The molecule has 0 radical (unpaired) electrons. The van der Waals surface area contributed by atoms with Crippen LogP contribution in [0.15, 0.2) is 0 Å². The summed E-state index contributed by atoms with van der Waals surface area (Å²) in [4.78, 5) is 0. The zero-order chi connectivity index (χ0) is 8.70. The quantitative estimate of drug-likeness (QED) is 0.547. The Morgan fingerprint density at radius 2 is 1.83 bits per heavy atom. The minimum atomic E-state index is -0.840. The Labute approximate surface area is 123 Å². The van der Waals surface area contributed by atoms with E-state index in [1.165, 1.54) is 0 Å². The normalized spacial score (nSPS) is 34.8. The van der Waals surface area contributed by atoms with Gasteiger partial charge in [0.15, 0.2) is 5.79 Å². The van der Waals surface area contributed by atoms with E-state index in [-0.39, 0.29) is 70.4 Å². The van der Waals surface area contributed by atoms with Crippen LogP contribution in [0.3, 0.4) is 0 Å². The van der Waals surface area contributed by atoms with E-state index in [0.717, 1.165) is 6.10 Å². The van der Waals surface area contributed by atoms with Gasteiger partial charge in [0.05, 0.1) is 6.61 Å². The Bertz CT molecular complexity index is 160. The van der Waals surface area contributed by atoms with E-state index < -0.39 is 5.79 Å². The Kier molecular flexibility index (Phi) is 5.10. The fourth-order valence-corrected chi connectivity index (χ4v) is 1.14. The second-order valence-electron chi connectivity index (χ2n) is 3.56. The Balaban J connectivity index is 0.00000121. The van der Waals surface area contributed by atoms with Gasteiger partial charge in [0, 0.05) is 0 Å². The maximum absolute atomic E-state index is 8.91. The zero-order valence-electron chi connectivity index (χ0n) is 8.47. The van der Waals surface area contributed by atoms with Crippen LogP contribution < -0.4 is 58.2 Å². The molecule has 1 fully saturated rings. The summed E-state index contributed by atoms with van der Waals surface area (Å²) in [5, 5.41) is 8.91. The van der Waals surface area contributed by atoms with Gasteiger partial charge in [0.2, 0.25) is 0 Å². The number of hydrogen-bond donors (Lipinski definition) is 1. The van der Waals surface area contributed by atoms with Crippen LogP contribution in [-0.2, 0) is 9.47 Å². The molecule has 1 atom stereocenters. The molecule has 0 spiro atoms. The van der Waals surface area contributed by atoms with Crippen LogP contribution in [0.25, 0.3) is 0 Å². The molecule has 3 nitrogen and oxygen atoms in total. The summed E-state index contributed by atoms with van der Waals surface area (Å²) < 4.78 is 10.8. The van der Waals surface area contributed by atoms with Gasteiger partial charge in [-0.1, -0.05) is 13.8 Å². The number of ether oxygens (including phenoxy) is 2. The summed E-state index contributed by atoms with van der Waals surface area (Å²) in [6.45, 7) is 7.31. The maximum atomic E-state index is 8.91. The first-order chi connectivity index (χ1) is 4.90. The van der Waals surface area contributed by atoms with E-state index >= 15 is 0 Å². The fourth-order valence-electron chi connectivity index (χ4n) is 1.14. The van der Waals surface area contributed by atoms with Crippen molar-refractivity contribution in [1.29, 1.82) is 0 Å². The molecule has 0 aromatic heterocycles. The first-order valence-electron chi connectivity index (χ1n) is 3.74. The second-order valence-corrected chi connectivity index (χ2v) is 3.56. The van der Waals surface area contributed by atoms with Crippen LogP contribution in [0.1, 0.15) is 27.7 Å². The average Bonchev–Trinajstić information content (AvgIpc) is 2.04. The molecule has 0 aliphatic carbocycles. The molecular formula is C8H15O3Rb. The third kappa shape index (κ3) is 2.84. The molecule has 0 amide bonds. The van der Waals surface area contributed by atoms with E-state index in [1.54, 1.807) is 6.92 Å². The molecule has 1 N–H and O–H groups in total. The standard InChI is InChI=1S/C8H15O3.Rb/c1-6-7(2,3)11-8(4,5-9)10-6;/h9H,5H2,1-4H3;/q-1;+1. The first kappa shape index (κ1) is 13.7. The van der Waals surface area contributed by atoms with Crippen molar-refractivity contribution in [2.45, 2.75) is 39.1 Å². The number of aliphatic hydroxyl groups excluding tert-OH is 1. The summed E-state index contributed by atoms with van der Waals surface area (Å²) in [6.07, 6.45) is 0.814. The van der Waals surface area contributed by atoms with Crippen molar-refractivity contribution in [2.75, 3.05) is 6.61 Å². The van der Waals surface area contributed by atoms with E-state index in [1.807, 2.05) is 20.8 Å². The predicted molar refractivity (Wildman–Crippen MR) is 40.7 cm³/mol. The molecule has 1 aliphatic rings. The Morgan fingerprint density at radius 3 is 2.00 bits per heavy atom. The van der Waals surface area contributed by atoms with E-state index in [9.17, 15) is 0 Å². The van der Waals surface area contributed by atoms with Gasteiger partial charge in [-0.05, 0) is 12.5 Å². The minimum Gasteiger partial charge on any atom is -0.520 e. The number of rotatable bonds is 1. The van der Waals surface area contributed by atoms with Gasteiger partial charge in [-0.3, -0.25) is 0 Å². The van der Waals surface area contributed by atoms with Crippen LogP contribution >= 0.6 is 0 Å². The topological polar surface area (TPSA) is 38.7 Å². The van der Waals surface area contributed by atoms with Gasteiger partial charge in [-0.25, -0.2) is 0 Å². The molecule has 1 aliphatic heterocycles. The summed E-state index contributed by atoms with van der Waals surface area (Å²) in [5.74, 6) is -0.840. The molecule has 4 heteroatoms. The molecule has 1 unspecified atom stereocenters. The van der Waals surface area contributed by atoms with E-state index in [0.29, 0.717) is 0 Å². The van der Waals surface area contributed by atoms with Crippen LogP contribution in [0, 0.1) is 6.10 Å². The smallest absolute Gasteiger partial charge is 0.520 e. The van der Waals surface area contributed by atoms with Crippen molar-refractivity contribution in [3.8, 4) is 0 Å². The van der Waals surface area contributed by atoms with Crippen molar-refractivity contribution in [3.63, 3.8) is 0 Å². The summed E-state index contributed by atoms with van der Waals surface area (Å²) in [6, 6.07) is 0. The van der Waals surface area contributed by atoms with Gasteiger partial charge < -0.3 is 14.6 Å². The van der Waals surface area contributed by atoms with Crippen molar-refractivity contribution in [1.82, 2.24) is 0 Å². The second kappa shape index (κ2) is 4.47. The van der Waals surface area contributed by atoms with Gasteiger partial charge >= 0.3 is 58.2 Å². The van der Waals surface area contributed by atoms with Gasteiger partial charge in [-0.2, -0.15) is 13.0 Å². The third-order valence-electron chi connectivity index (χ3n) is 1.98. The van der Waals surface area contributed by atoms with Crippen LogP contribution in [0.5, 0.6) is 0 Å². The van der Waals surface area contributed by atoms with Crippen LogP contribution in [-0.4, -0.2) is 23.1 Å². The molecule has 0 aromatic rings. The molecule has 1 saturated heterocycles. The number of aliphatic hydroxyl groups is 1. The third-order valence-corrected chi connectivity index (χ3v) is 1.98. The van der Waals surface area contributed by atoms with Gasteiger partial charge in [-0.15, -0.1) is 0 Å². The zero-order valence-corrected chi connectivity index (χ0v) is 13.4. The van der Waals surface area contributed by atoms with Crippen molar-refractivity contribution in [2.24, 2.45) is 0 Å². The predicted octanol–water partition coefficient (Wildman–Crippen LogP) is -1.92. The molecular weight excluding hydrogens is 230 g/mol. The monoisotopic (exact) mass is 244 g/mol. The van der Waals surface area contributed by atoms with E-state index in [4.69, 9.17) is 14.6 Å². The van der Waals surface area contributed by atoms with E-state index in [2.05, 4.69) is 0 Å². The van der Waals surface area contributed by atoms with Crippen molar-refractivity contribution >= 4 is 0 Å². The van der Waals surface area contributed by atoms with Crippen molar-refractivity contribution < 1.29 is 72.8 Å². The minimum absolute atomic E-state index is 0.